The van der Waals surface area contributed by atoms with Crippen LogP contribution in [0.25, 0.3) is 16.0 Å². The smallest absolute Gasteiger partial charge is 0.325 e. The van der Waals surface area contributed by atoms with Crippen LogP contribution in [0.1, 0.15) is 18.1 Å². The first kappa shape index (κ1) is 22.0. The van der Waals surface area contributed by atoms with Crippen LogP contribution in [0.5, 0.6) is 0 Å². The number of carbonyl (C=O) groups is 1. The molecular weight excluding hydrogens is 444 g/mol. The molecule has 0 atom stereocenters. The molecule has 0 fully saturated rings. The second-order valence-electron chi connectivity index (χ2n) is 7.33. The topological polar surface area (TPSA) is 86.0 Å². The second-order valence-corrected chi connectivity index (χ2v) is 9.84. The van der Waals surface area contributed by atoms with E-state index in [9.17, 15) is 14.4 Å². The maximum absolute atomic E-state index is 13.4. The Hall–Kier alpha value is -3.17. The quantitative estimate of drug-likeness (QED) is 0.435. The summed E-state index contributed by atoms with van der Waals surface area (Å²) in [5.74, 6) is 0.412. The Balaban J connectivity index is 1.84. The van der Waals surface area contributed by atoms with E-state index in [4.69, 9.17) is 0 Å². The predicted molar refractivity (Wildman–Crippen MR) is 130 cm³/mol. The van der Waals surface area contributed by atoms with E-state index in [1.54, 1.807) is 18.2 Å². The van der Waals surface area contributed by atoms with Gasteiger partial charge in [-0.25, -0.2) is 14.3 Å². The molecule has 4 aromatic rings. The van der Waals surface area contributed by atoms with Gasteiger partial charge in [0.25, 0.3) is 5.56 Å². The van der Waals surface area contributed by atoms with Gasteiger partial charge in [0.2, 0.25) is 5.91 Å². The summed E-state index contributed by atoms with van der Waals surface area (Å²) in [7, 11) is 0. The van der Waals surface area contributed by atoms with E-state index in [0.29, 0.717) is 20.4 Å². The summed E-state index contributed by atoms with van der Waals surface area (Å²) in [6, 6.07) is 14.5. The molecule has 4 rings (SSSR count). The van der Waals surface area contributed by atoms with Gasteiger partial charge >= 0.3 is 5.69 Å². The van der Waals surface area contributed by atoms with Gasteiger partial charge in [0.1, 0.15) is 11.2 Å². The van der Waals surface area contributed by atoms with Gasteiger partial charge in [-0.3, -0.25) is 14.2 Å². The number of nitrogens with zero attached hydrogens (tertiary/aromatic N) is 3. The molecule has 1 N–H and O–H groups in total. The zero-order valence-electron chi connectivity index (χ0n) is 17.9. The maximum atomic E-state index is 13.4. The van der Waals surface area contributed by atoms with Crippen LogP contribution in [0, 0.1) is 13.8 Å². The lowest BCUT2D eigenvalue weighted by atomic mass is 10.2. The number of aryl methyl sites for hydroxylation is 2. The Morgan fingerprint density at radius 2 is 1.84 bits per heavy atom. The number of anilines is 1. The number of hydrogen-bond acceptors (Lipinski definition) is 6. The van der Waals surface area contributed by atoms with Crippen LogP contribution in [0.4, 0.5) is 5.69 Å². The van der Waals surface area contributed by atoms with Crippen molar-refractivity contribution in [3.63, 3.8) is 0 Å². The van der Waals surface area contributed by atoms with Crippen LogP contribution in [-0.2, 0) is 11.3 Å². The van der Waals surface area contributed by atoms with Crippen molar-refractivity contribution in [3.05, 3.63) is 80.5 Å². The van der Waals surface area contributed by atoms with E-state index in [1.165, 1.54) is 27.7 Å². The number of carbonyl (C=O) groups excluding carboxylic acids is 1. The van der Waals surface area contributed by atoms with Crippen molar-refractivity contribution in [2.75, 3.05) is 11.1 Å². The van der Waals surface area contributed by atoms with E-state index in [-0.39, 0.29) is 18.1 Å². The predicted octanol–water partition coefficient (Wildman–Crippen LogP) is 3.98. The van der Waals surface area contributed by atoms with E-state index in [0.717, 1.165) is 21.4 Å². The van der Waals surface area contributed by atoms with E-state index in [1.807, 2.05) is 51.1 Å². The maximum Gasteiger partial charge on any atom is 0.337 e. The van der Waals surface area contributed by atoms with Crippen molar-refractivity contribution in [1.82, 2.24) is 14.1 Å². The summed E-state index contributed by atoms with van der Waals surface area (Å²) >= 11 is 2.74. The number of aromatic nitrogens is 3. The summed E-state index contributed by atoms with van der Waals surface area (Å²) in [5, 5.41) is 2.82. The van der Waals surface area contributed by atoms with Gasteiger partial charge in [-0.05, 0) is 49.4 Å². The third-order valence-corrected chi connectivity index (χ3v) is 6.89. The molecule has 0 saturated carbocycles. The zero-order chi connectivity index (χ0) is 22.8. The Morgan fingerprint density at radius 1 is 1.09 bits per heavy atom. The number of fused-ring (bicyclic) bond motifs is 1. The Labute approximate surface area is 192 Å². The van der Waals surface area contributed by atoms with Gasteiger partial charge in [0, 0.05) is 5.69 Å². The van der Waals surface area contributed by atoms with E-state index >= 15 is 0 Å². The summed E-state index contributed by atoms with van der Waals surface area (Å²) in [6.07, 6.45) is 0. The van der Waals surface area contributed by atoms with Gasteiger partial charge in [0.15, 0.2) is 9.99 Å². The molecule has 32 heavy (non-hydrogen) atoms. The largest absolute Gasteiger partial charge is 0.337 e. The SMILES string of the molecule is CCSc1nc2c(s1)c(=O)n(-c1ccc(C)cc1)c(=O)n2CC(=O)Nc1cccc(C)c1. The summed E-state index contributed by atoms with van der Waals surface area (Å²) in [6.45, 7) is 5.60. The lowest BCUT2D eigenvalue weighted by Crippen LogP contribution is -2.40. The summed E-state index contributed by atoms with van der Waals surface area (Å²) in [4.78, 5) is 43.9. The van der Waals surface area contributed by atoms with E-state index in [2.05, 4.69) is 10.3 Å². The van der Waals surface area contributed by atoms with Gasteiger partial charge in [-0.2, -0.15) is 0 Å². The molecule has 2 heterocycles. The first-order valence-corrected chi connectivity index (χ1v) is 11.9. The number of rotatable bonds is 6. The first-order valence-electron chi connectivity index (χ1n) is 10.1. The lowest BCUT2D eigenvalue weighted by molar-refractivity contribution is -0.116. The van der Waals surface area contributed by atoms with Crippen molar-refractivity contribution in [3.8, 4) is 5.69 Å². The Morgan fingerprint density at radius 3 is 2.53 bits per heavy atom. The molecule has 0 aliphatic carbocycles. The van der Waals surface area contributed by atoms with Gasteiger partial charge in [0.05, 0.1) is 5.69 Å². The molecule has 0 aliphatic rings. The van der Waals surface area contributed by atoms with Crippen LogP contribution in [-0.4, -0.2) is 25.8 Å². The van der Waals surface area contributed by atoms with Crippen molar-refractivity contribution >= 4 is 45.0 Å². The monoisotopic (exact) mass is 466 g/mol. The number of thiazole rings is 1. The molecule has 0 saturated heterocycles. The van der Waals surface area contributed by atoms with Gasteiger partial charge in [-0.1, -0.05) is 48.5 Å². The van der Waals surface area contributed by atoms with Gasteiger partial charge in [-0.15, -0.1) is 11.3 Å². The average molecular weight is 467 g/mol. The number of hydrogen-bond donors (Lipinski definition) is 1. The molecule has 0 unspecified atom stereocenters. The number of nitrogens with one attached hydrogen (secondary N) is 1. The van der Waals surface area contributed by atoms with Crippen LogP contribution >= 0.6 is 23.1 Å². The molecule has 9 heteroatoms. The molecule has 2 aromatic heterocycles. The Bertz CT molecular complexity index is 1420. The molecule has 0 spiro atoms. The molecular formula is C23H22N4O3S2. The van der Waals surface area contributed by atoms with Gasteiger partial charge < -0.3 is 5.32 Å². The lowest BCUT2D eigenvalue weighted by Gasteiger charge is -2.12. The molecule has 0 bridgehead atoms. The molecule has 2 aromatic carbocycles. The highest BCUT2D eigenvalue weighted by atomic mass is 32.2. The highest BCUT2D eigenvalue weighted by Gasteiger charge is 2.20. The zero-order valence-corrected chi connectivity index (χ0v) is 19.5. The van der Waals surface area contributed by atoms with Crippen LogP contribution in [0.15, 0.2) is 62.5 Å². The minimum atomic E-state index is -0.593. The first-order chi connectivity index (χ1) is 15.4. The van der Waals surface area contributed by atoms with Crippen molar-refractivity contribution in [2.24, 2.45) is 0 Å². The van der Waals surface area contributed by atoms with E-state index < -0.39 is 11.2 Å². The average Bonchev–Trinajstić information content (AvgIpc) is 3.17. The molecule has 7 nitrogen and oxygen atoms in total. The summed E-state index contributed by atoms with van der Waals surface area (Å²) < 4.78 is 3.43. The van der Waals surface area contributed by atoms with Crippen molar-refractivity contribution in [2.45, 2.75) is 31.7 Å². The van der Waals surface area contributed by atoms with Crippen molar-refractivity contribution in [1.29, 1.82) is 0 Å². The number of benzene rings is 2. The molecule has 1 amide bonds. The minimum absolute atomic E-state index is 0.240. The van der Waals surface area contributed by atoms with Crippen LogP contribution in [0.3, 0.4) is 0 Å². The summed E-state index contributed by atoms with van der Waals surface area (Å²) in [5.41, 5.74) is 2.35. The third-order valence-electron chi connectivity index (χ3n) is 4.83. The fourth-order valence-corrected chi connectivity index (χ4v) is 5.30. The second kappa shape index (κ2) is 9.13. The molecule has 164 valence electrons. The normalized spacial score (nSPS) is 11.1. The number of amides is 1. The fourth-order valence-electron chi connectivity index (χ4n) is 3.33. The van der Waals surface area contributed by atoms with Crippen LogP contribution < -0.4 is 16.6 Å². The molecule has 0 aliphatic heterocycles. The standard InChI is InChI=1S/C23H22N4O3S2/c1-4-31-22-25-20-19(32-22)21(29)27(17-10-8-14(2)9-11-17)23(30)26(20)13-18(28)24-16-7-5-6-15(3)12-16/h5-12H,4,13H2,1-3H3,(H,24,28). The third kappa shape index (κ3) is 4.39. The number of thioether (sulfide) groups is 1. The fraction of sp³-hybridized carbons (Fsp3) is 0.217. The highest BCUT2D eigenvalue weighted by Crippen LogP contribution is 2.27. The van der Waals surface area contributed by atoms with Crippen LogP contribution in [0.2, 0.25) is 0 Å². The Kier molecular flexibility index (Phi) is 6.29. The molecule has 0 radical (unpaired) electrons. The van der Waals surface area contributed by atoms with Crippen molar-refractivity contribution < 1.29 is 4.79 Å². The highest BCUT2D eigenvalue weighted by molar-refractivity contribution is 8.01. The minimum Gasteiger partial charge on any atom is -0.325 e.